The number of phenols is 1. The Labute approximate surface area is 92.9 Å². The highest BCUT2D eigenvalue weighted by atomic mass is 16.4. The second-order valence-electron chi connectivity index (χ2n) is 3.48. The first-order chi connectivity index (χ1) is 7.43. The van der Waals surface area contributed by atoms with Crippen LogP contribution in [0.25, 0.3) is 0 Å². The van der Waals surface area contributed by atoms with Crippen molar-refractivity contribution in [1.82, 2.24) is 4.90 Å². The maximum atomic E-state index is 11.8. The van der Waals surface area contributed by atoms with Crippen LogP contribution in [-0.4, -0.2) is 40.1 Å². The van der Waals surface area contributed by atoms with Crippen molar-refractivity contribution in [2.75, 3.05) is 7.05 Å². The molecule has 5 nitrogen and oxygen atoms in total. The quantitative estimate of drug-likeness (QED) is 0.799. The fraction of sp³-hybridized carbons (Fsp3) is 0.273. The molecule has 0 fully saturated rings. The molecule has 0 spiro atoms. The molecule has 1 rings (SSSR count). The van der Waals surface area contributed by atoms with Crippen LogP contribution in [0.15, 0.2) is 24.3 Å². The van der Waals surface area contributed by atoms with E-state index < -0.39 is 17.9 Å². The zero-order chi connectivity index (χ0) is 12.3. The first-order valence-corrected chi connectivity index (χ1v) is 4.72. The average Bonchev–Trinajstić information content (AvgIpc) is 2.26. The Morgan fingerprint density at radius 1 is 1.38 bits per heavy atom. The SMILES string of the molecule is CC(C(=O)O)N(C)C(=O)c1cccc(O)c1. The molecule has 0 heterocycles. The number of aromatic hydroxyl groups is 1. The van der Waals surface area contributed by atoms with Gasteiger partial charge < -0.3 is 15.1 Å². The molecule has 0 radical (unpaired) electrons. The van der Waals surface area contributed by atoms with E-state index in [0.29, 0.717) is 0 Å². The summed E-state index contributed by atoms with van der Waals surface area (Å²) in [5.74, 6) is -1.54. The fourth-order valence-corrected chi connectivity index (χ4v) is 1.18. The van der Waals surface area contributed by atoms with Crippen molar-refractivity contribution in [2.24, 2.45) is 0 Å². The number of nitrogens with zero attached hydrogens (tertiary/aromatic N) is 1. The highest BCUT2D eigenvalue weighted by Gasteiger charge is 2.22. The molecule has 0 bridgehead atoms. The number of carbonyl (C=O) groups excluding carboxylic acids is 1. The molecular formula is C11H13NO4. The van der Waals surface area contributed by atoms with Crippen LogP contribution in [-0.2, 0) is 4.79 Å². The van der Waals surface area contributed by atoms with Gasteiger partial charge in [0, 0.05) is 12.6 Å². The summed E-state index contributed by atoms with van der Waals surface area (Å²) >= 11 is 0. The van der Waals surface area contributed by atoms with Gasteiger partial charge in [-0.05, 0) is 25.1 Å². The van der Waals surface area contributed by atoms with E-state index in [2.05, 4.69) is 0 Å². The summed E-state index contributed by atoms with van der Waals surface area (Å²) in [4.78, 5) is 23.6. The molecule has 1 aromatic rings. The summed E-state index contributed by atoms with van der Waals surface area (Å²) in [5, 5.41) is 18.0. The van der Waals surface area contributed by atoms with Crippen LogP contribution in [0.5, 0.6) is 5.75 Å². The van der Waals surface area contributed by atoms with Crippen LogP contribution >= 0.6 is 0 Å². The third-order valence-corrected chi connectivity index (χ3v) is 2.35. The van der Waals surface area contributed by atoms with Gasteiger partial charge >= 0.3 is 5.97 Å². The summed E-state index contributed by atoms with van der Waals surface area (Å²) in [7, 11) is 1.41. The molecule has 1 atom stereocenters. The van der Waals surface area contributed by atoms with Gasteiger partial charge in [-0.1, -0.05) is 6.07 Å². The zero-order valence-corrected chi connectivity index (χ0v) is 9.04. The summed E-state index contributed by atoms with van der Waals surface area (Å²) in [6.07, 6.45) is 0. The Hall–Kier alpha value is -2.04. The lowest BCUT2D eigenvalue weighted by Gasteiger charge is -2.21. The van der Waals surface area contributed by atoms with Crippen LogP contribution in [0.3, 0.4) is 0 Å². The van der Waals surface area contributed by atoms with Gasteiger partial charge in [0.2, 0.25) is 0 Å². The number of hydrogen-bond donors (Lipinski definition) is 2. The lowest BCUT2D eigenvalue weighted by Crippen LogP contribution is -2.40. The van der Waals surface area contributed by atoms with E-state index in [-0.39, 0.29) is 11.3 Å². The standard InChI is InChI=1S/C11H13NO4/c1-7(11(15)16)12(2)10(14)8-4-3-5-9(13)6-8/h3-7,13H,1-2H3,(H,15,16). The molecule has 1 amide bonds. The van der Waals surface area contributed by atoms with E-state index in [4.69, 9.17) is 5.11 Å². The molecule has 86 valence electrons. The maximum absolute atomic E-state index is 11.8. The van der Waals surface area contributed by atoms with Crippen molar-refractivity contribution < 1.29 is 19.8 Å². The van der Waals surface area contributed by atoms with Crippen LogP contribution in [0.1, 0.15) is 17.3 Å². The van der Waals surface area contributed by atoms with Crippen LogP contribution < -0.4 is 0 Å². The van der Waals surface area contributed by atoms with E-state index in [1.165, 1.54) is 38.2 Å². The van der Waals surface area contributed by atoms with Crippen molar-refractivity contribution in [1.29, 1.82) is 0 Å². The molecule has 1 aromatic carbocycles. The topological polar surface area (TPSA) is 77.8 Å². The minimum absolute atomic E-state index is 0.0257. The number of hydrogen-bond acceptors (Lipinski definition) is 3. The van der Waals surface area contributed by atoms with Gasteiger partial charge in [-0.15, -0.1) is 0 Å². The third kappa shape index (κ3) is 2.50. The molecule has 5 heteroatoms. The summed E-state index contributed by atoms with van der Waals surface area (Å²) in [5.41, 5.74) is 0.260. The van der Waals surface area contributed by atoms with Crippen molar-refractivity contribution in [2.45, 2.75) is 13.0 Å². The lowest BCUT2D eigenvalue weighted by molar-refractivity contribution is -0.141. The minimum Gasteiger partial charge on any atom is -0.508 e. The number of carboxylic acids is 1. The van der Waals surface area contributed by atoms with E-state index >= 15 is 0 Å². The fourth-order valence-electron chi connectivity index (χ4n) is 1.18. The van der Waals surface area contributed by atoms with Crippen molar-refractivity contribution in [3.63, 3.8) is 0 Å². The molecule has 0 saturated carbocycles. The van der Waals surface area contributed by atoms with Gasteiger partial charge in [0.15, 0.2) is 0 Å². The number of benzene rings is 1. The first kappa shape index (κ1) is 12.0. The minimum atomic E-state index is -1.07. The molecule has 2 N–H and O–H groups in total. The molecule has 0 saturated heterocycles. The number of carbonyl (C=O) groups is 2. The van der Waals surface area contributed by atoms with Gasteiger partial charge in [0.25, 0.3) is 5.91 Å². The number of amides is 1. The number of carboxylic acid groups (broad SMARTS) is 1. The Balaban J connectivity index is 2.90. The van der Waals surface area contributed by atoms with Gasteiger partial charge in [-0.3, -0.25) is 4.79 Å². The van der Waals surface area contributed by atoms with E-state index in [1.807, 2.05) is 0 Å². The molecule has 0 aromatic heterocycles. The van der Waals surface area contributed by atoms with E-state index in [1.54, 1.807) is 0 Å². The Morgan fingerprint density at radius 2 is 2.00 bits per heavy atom. The molecular weight excluding hydrogens is 210 g/mol. The second kappa shape index (κ2) is 4.65. The molecule has 0 aliphatic rings. The third-order valence-electron chi connectivity index (χ3n) is 2.35. The van der Waals surface area contributed by atoms with Gasteiger partial charge in [-0.25, -0.2) is 4.79 Å². The van der Waals surface area contributed by atoms with E-state index in [9.17, 15) is 14.7 Å². The molecule has 0 aliphatic carbocycles. The Kier molecular flexibility index (Phi) is 3.50. The van der Waals surface area contributed by atoms with Crippen molar-refractivity contribution in [3.8, 4) is 5.75 Å². The summed E-state index contributed by atoms with van der Waals surface area (Å²) < 4.78 is 0. The highest BCUT2D eigenvalue weighted by molar-refractivity contribution is 5.96. The summed E-state index contributed by atoms with van der Waals surface area (Å²) in [6, 6.07) is 4.88. The second-order valence-corrected chi connectivity index (χ2v) is 3.48. The predicted molar refractivity (Wildman–Crippen MR) is 57.3 cm³/mol. The monoisotopic (exact) mass is 223 g/mol. The maximum Gasteiger partial charge on any atom is 0.326 e. The first-order valence-electron chi connectivity index (χ1n) is 4.72. The molecule has 1 unspecified atom stereocenters. The van der Waals surface area contributed by atoms with Gasteiger partial charge in [0.1, 0.15) is 11.8 Å². The van der Waals surface area contributed by atoms with Crippen LogP contribution in [0, 0.1) is 0 Å². The number of rotatable bonds is 3. The number of likely N-dealkylation sites (N-methyl/N-ethyl adjacent to an activating group) is 1. The number of aliphatic carboxylic acids is 1. The normalized spacial score (nSPS) is 11.9. The van der Waals surface area contributed by atoms with Crippen molar-refractivity contribution >= 4 is 11.9 Å². The Morgan fingerprint density at radius 3 is 2.50 bits per heavy atom. The predicted octanol–water partition coefficient (Wildman–Crippen LogP) is 0.937. The molecule has 0 aliphatic heterocycles. The largest absolute Gasteiger partial charge is 0.508 e. The number of phenolic OH excluding ortho intramolecular Hbond substituents is 1. The zero-order valence-electron chi connectivity index (χ0n) is 9.04. The smallest absolute Gasteiger partial charge is 0.326 e. The van der Waals surface area contributed by atoms with Crippen molar-refractivity contribution in [3.05, 3.63) is 29.8 Å². The lowest BCUT2D eigenvalue weighted by atomic mass is 10.1. The Bertz CT molecular complexity index is 416. The van der Waals surface area contributed by atoms with Crippen LogP contribution in [0.4, 0.5) is 0 Å². The van der Waals surface area contributed by atoms with Gasteiger partial charge in [0.05, 0.1) is 0 Å². The summed E-state index contributed by atoms with van der Waals surface area (Å²) in [6.45, 7) is 1.42. The average molecular weight is 223 g/mol. The van der Waals surface area contributed by atoms with Gasteiger partial charge in [-0.2, -0.15) is 0 Å². The molecule has 16 heavy (non-hydrogen) atoms. The van der Waals surface area contributed by atoms with Crippen LogP contribution in [0.2, 0.25) is 0 Å². The van der Waals surface area contributed by atoms with E-state index in [0.717, 1.165) is 4.90 Å². The highest BCUT2D eigenvalue weighted by Crippen LogP contribution is 2.13.